The molecule has 19 heavy (non-hydrogen) atoms. The van der Waals surface area contributed by atoms with Gasteiger partial charge in [0.1, 0.15) is 6.67 Å². The van der Waals surface area contributed by atoms with Gasteiger partial charge >= 0.3 is 6.18 Å². The summed E-state index contributed by atoms with van der Waals surface area (Å²) >= 11 is 0. The van der Waals surface area contributed by atoms with E-state index in [4.69, 9.17) is 0 Å². The Morgan fingerprint density at radius 1 is 1.05 bits per heavy atom. The molecule has 0 atom stereocenters. The topological polar surface area (TPSA) is 25.8 Å². The summed E-state index contributed by atoms with van der Waals surface area (Å²) in [6.07, 6.45) is -4.48. The molecule has 2 nitrogen and oxygen atoms in total. The Morgan fingerprint density at radius 3 is 2.32 bits per heavy atom. The normalized spacial score (nSPS) is 11.6. The van der Waals surface area contributed by atoms with Gasteiger partial charge in [0.15, 0.2) is 0 Å². The van der Waals surface area contributed by atoms with Crippen LogP contribution in [-0.4, -0.2) is 10.2 Å². The lowest BCUT2D eigenvalue weighted by molar-refractivity contribution is -0.137. The van der Waals surface area contributed by atoms with Crippen molar-refractivity contribution in [2.24, 2.45) is 0 Å². The fourth-order valence-corrected chi connectivity index (χ4v) is 1.67. The maximum Gasteiger partial charge on any atom is 0.416 e. The molecule has 0 amide bonds. The smallest absolute Gasteiger partial charge is 0.246 e. The predicted octanol–water partition coefficient (Wildman–Crippen LogP) is 3.94. The standard InChI is InChI=1S/C13H10F4N2/c1-8-2-5-12(19-18-8)11-4-3-10(13(15,16)17)6-9(11)7-14/h2-6H,7H2,1H3. The second kappa shape index (κ2) is 4.95. The van der Waals surface area contributed by atoms with Crippen molar-refractivity contribution in [1.29, 1.82) is 0 Å². The van der Waals surface area contributed by atoms with Gasteiger partial charge in [-0.15, -0.1) is 0 Å². The number of nitrogens with zero attached hydrogens (tertiary/aromatic N) is 2. The molecule has 0 unspecified atom stereocenters. The molecule has 0 spiro atoms. The highest BCUT2D eigenvalue weighted by molar-refractivity contribution is 5.64. The Bertz CT molecular complexity index is 576. The van der Waals surface area contributed by atoms with Crippen molar-refractivity contribution in [2.45, 2.75) is 19.8 Å². The average molecular weight is 270 g/mol. The van der Waals surface area contributed by atoms with Gasteiger partial charge in [-0.1, -0.05) is 6.07 Å². The first-order chi connectivity index (χ1) is 8.91. The lowest BCUT2D eigenvalue weighted by Gasteiger charge is -2.11. The molecule has 0 radical (unpaired) electrons. The van der Waals surface area contributed by atoms with Gasteiger partial charge in [-0.2, -0.15) is 23.4 Å². The van der Waals surface area contributed by atoms with Crippen LogP contribution >= 0.6 is 0 Å². The largest absolute Gasteiger partial charge is 0.416 e. The third-order valence-corrected chi connectivity index (χ3v) is 2.65. The van der Waals surface area contributed by atoms with E-state index < -0.39 is 18.4 Å². The third-order valence-electron chi connectivity index (χ3n) is 2.65. The molecule has 1 aromatic carbocycles. The van der Waals surface area contributed by atoms with Crippen molar-refractivity contribution in [3.63, 3.8) is 0 Å². The minimum atomic E-state index is -4.48. The SMILES string of the molecule is Cc1ccc(-c2ccc(C(F)(F)F)cc2CF)nn1. The first-order valence-corrected chi connectivity index (χ1v) is 5.48. The van der Waals surface area contributed by atoms with E-state index in [0.29, 0.717) is 17.0 Å². The van der Waals surface area contributed by atoms with Crippen LogP contribution in [0.15, 0.2) is 30.3 Å². The van der Waals surface area contributed by atoms with Gasteiger partial charge in [0.25, 0.3) is 0 Å². The van der Waals surface area contributed by atoms with Gasteiger partial charge in [0.2, 0.25) is 0 Å². The Balaban J connectivity index is 2.50. The van der Waals surface area contributed by atoms with Crippen LogP contribution < -0.4 is 0 Å². The predicted molar refractivity (Wildman–Crippen MR) is 62.0 cm³/mol. The fraction of sp³-hybridized carbons (Fsp3) is 0.231. The second-order valence-corrected chi connectivity index (χ2v) is 4.06. The van der Waals surface area contributed by atoms with E-state index in [1.54, 1.807) is 19.1 Å². The summed E-state index contributed by atoms with van der Waals surface area (Å²) in [7, 11) is 0. The van der Waals surface area contributed by atoms with Crippen molar-refractivity contribution in [3.05, 3.63) is 47.2 Å². The molecule has 0 fully saturated rings. The van der Waals surface area contributed by atoms with Gasteiger partial charge in [-0.25, -0.2) is 4.39 Å². The molecular weight excluding hydrogens is 260 g/mol. The van der Waals surface area contributed by atoms with Gasteiger partial charge in [-0.05, 0) is 36.8 Å². The quantitative estimate of drug-likeness (QED) is 0.772. The third kappa shape index (κ3) is 2.89. The lowest BCUT2D eigenvalue weighted by atomic mass is 10.0. The van der Waals surface area contributed by atoms with Gasteiger partial charge < -0.3 is 0 Å². The Hall–Kier alpha value is -1.98. The number of alkyl halides is 4. The van der Waals surface area contributed by atoms with E-state index in [2.05, 4.69) is 10.2 Å². The van der Waals surface area contributed by atoms with E-state index in [1.807, 2.05) is 0 Å². The molecule has 0 aliphatic rings. The molecule has 1 aromatic heterocycles. The summed E-state index contributed by atoms with van der Waals surface area (Å²) in [5, 5.41) is 7.66. The van der Waals surface area contributed by atoms with Crippen molar-refractivity contribution < 1.29 is 17.6 Å². The van der Waals surface area contributed by atoms with E-state index in [1.165, 1.54) is 6.07 Å². The highest BCUT2D eigenvalue weighted by atomic mass is 19.4. The number of aryl methyl sites for hydroxylation is 1. The zero-order chi connectivity index (χ0) is 14.0. The van der Waals surface area contributed by atoms with Crippen molar-refractivity contribution in [3.8, 4) is 11.3 Å². The zero-order valence-corrected chi connectivity index (χ0v) is 10.0. The van der Waals surface area contributed by atoms with E-state index >= 15 is 0 Å². The highest BCUT2D eigenvalue weighted by Crippen LogP contribution is 2.33. The maximum absolute atomic E-state index is 12.9. The van der Waals surface area contributed by atoms with Gasteiger partial charge in [0, 0.05) is 5.56 Å². The molecule has 0 aliphatic heterocycles. The summed E-state index contributed by atoms with van der Waals surface area (Å²) in [6.45, 7) is 0.744. The molecule has 2 aromatic rings. The number of hydrogen-bond acceptors (Lipinski definition) is 2. The monoisotopic (exact) mass is 270 g/mol. The average Bonchev–Trinajstić information content (AvgIpc) is 2.38. The molecule has 0 N–H and O–H groups in total. The van der Waals surface area contributed by atoms with E-state index in [9.17, 15) is 17.6 Å². The minimum Gasteiger partial charge on any atom is -0.246 e. The number of aromatic nitrogens is 2. The molecule has 0 saturated heterocycles. The molecule has 100 valence electrons. The Labute approximate surface area is 107 Å². The first-order valence-electron chi connectivity index (χ1n) is 5.48. The molecule has 0 aliphatic carbocycles. The summed E-state index contributed by atoms with van der Waals surface area (Å²) in [6, 6.07) is 6.20. The van der Waals surface area contributed by atoms with Crippen LogP contribution in [0.4, 0.5) is 17.6 Å². The van der Waals surface area contributed by atoms with Crippen LogP contribution in [0.5, 0.6) is 0 Å². The molecule has 1 heterocycles. The number of rotatable bonds is 2. The first kappa shape index (κ1) is 13.5. The minimum absolute atomic E-state index is 0.0482. The highest BCUT2D eigenvalue weighted by Gasteiger charge is 2.31. The summed E-state index contributed by atoms with van der Waals surface area (Å²) in [5.41, 5.74) is 0.435. The van der Waals surface area contributed by atoms with Crippen LogP contribution in [0, 0.1) is 6.92 Å². The van der Waals surface area contributed by atoms with Crippen molar-refractivity contribution in [1.82, 2.24) is 10.2 Å². The van der Waals surface area contributed by atoms with Crippen LogP contribution in [0.1, 0.15) is 16.8 Å². The fourth-order valence-electron chi connectivity index (χ4n) is 1.67. The lowest BCUT2D eigenvalue weighted by Crippen LogP contribution is -2.06. The van der Waals surface area contributed by atoms with Crippen LogP contribution in [-0.2, 0) is 12.9 Å². The maximum atomic E-state index is 12.9. The number of hydrogen-bond donors (Lipinski definition) is 0. The molecular formula is C13H10F4N2. The van der Waals surface area contributed by atoms with E-state index in [-0.39, 0.29) is 5.56 Å². The van der Waals surface area contributed by atoms with E-state index in [0.717, 1.165) is 12.1 Å². The molecule has 0 bridgehead atoms. The Kier molecular flexibility index (Phi) is 3.50. The van der Waals surface area contributed by atoms with Crippen LogP contribution in [0.25, 0.3) is 11.3 Å². The van der Waals surface area contributed by atoms with Gasteiger partial charge in [0.05, 0.1) is 17.0 Å². The van der Waals surface area contributed by atoms with Crippen molar-refractivity contribution >= 4 is 0 Å². The summed E-state index contributed by atoms with van der Waals surface area (Å²) in [5.74, 6) is 0. The summed E-state index contributed by atoms with van der Waals surface area (Å²) in [4.78, 5) is 0. The number of benzene rings is 1. The zero-order valence-electron chi connectivity index (χ0n) is 10.0. The Morgan fingerprint density at radius 2 is 1.79 bits per heavy atom. The van der Waals surface area contributed by atoms with Crippen LogP contribution in [0.3, 0.4) is 0 Å². The molecule has 2 rings (SSSR count). The molecule has 0 saturated carbocycles. The molecule has 6 heteroatoms. The van der Waals surface area contributed by atoms with Gasteiger partial charge in [-0.3, -0.25) is 0 Å². The number of halogens is 4. The van der Waals surface area contributed by atoms with Crippen LogP contribution in [0.2, 0.25) is 0 Å². The second-order valence-electron chi connectivity index (χ2n) is 4.06. The van der Waals surface area contributed by atoms with Crippen molar-refractivity contribution in [2.75, 3.05) is 0 Å². The summed E-state index contributed by atoms with van der Waals surface area (Å²) < 4.78 is 50.5.